The van der Waals surface area contributed by atoms with Crippen LogP contribution in [-0.4, -0.2) is 31.1 Å². The van der Waals surface area contributed by atoms with Crippen molar-refractivity contribution in [1.29, 1.82) is 0 Å². The lowest BCUT2D eigenvalue weighted by Gasteiger charge is -2.13. The van der Waals surface area contributed by atoms with E-state index in [1.54, 1.807) is 6.07 Å². The molecule has 148 valence electrons. The van der Waals surface area contributed by atoms with Crippen molar-refractivity contribution < 1.29 is 13.2 Å². The monoisotopic (exact) mass is 423 g/mol. The van der Waals surface area contributed by atoms with E-state index in [4.69, 9.17) is 0 Å². The lowest BCUT2D eigenvalue weighted by Crippen LogP contribution is -2.14. The van der Waals surface area contributed by atoms with E-state index in [0.29, 0.717) is 12.0 Å². The van der Waals surface area contributed by atoms with Gasteiger partial charge in [-0.3, -0.25) is 4.79 Å². The van der Waals surface area contributed by atoms with Gasteiger partial charge in [-0.1, -0.05) is 54.6 Å². The molecule has 0 spiro atoms. The number of nitrogens with one attached hydrogen (secondary N) is 1. The maximum atomic E-state index is 12.8. The van der Waals surface area contributed by atoms with Gasteiger partial charge in [0.25, 0.3) is 5.91 Å². The Kier molecular flexibility index (Phi) is 5.74. The zero-order valence-corrected chi connectivity index (χ0v) is 17.4. The number of benzene rings is 3. The third-order valence-electron chi connectivity index (χ3n) is 4.87. The summed E-state index contributed by atoms with van der Waals surface area (Å²) in [5, 5.41) is 2.95. The van der Waals surface area contributed by atoms with Crippen LogP contribution in [0.25, 0.3) is 11.1 Å². The van der Waals surface area contributed by atoms with Gasteiger partial charge >= 0.3 is 0 Å². The van der Waals surface area contributed by atoms with Gasteiger partial charge in [0.15, 0.2) is 9.84 Å². The van der Waals surface area contributed by atoms with Crippen molar-refractivity contribution in [3.05, 3.63) is 84.4 Å². The molecule has 1 aliphatic heterocycles. The van der Waals surface area contributed by atoms with E-state index in [1.807, 2.05) is 72.8 Å². The van der Waals surface area contributed by atoms with Crippen molar-refractivity contribution in [2.24, 2.45) is 0 Å². The lowest BCUT2D eigenvalue weighted by atomic mass is 10.1. The Morgan fingerprint density at radius 2 is 1.52 bits per heavy atom. The van der Waals surface area contributed by atoms with Crippen molar-refractivity contribution in [1.82, 2.24) is 0 Å². The Balaban J connectivity index is 1.47. The molecular formula is C23H21NO3S2. The topological polar surface area (TPSA) is 63.2 Å². The maximum absolute atomic E-state index is 12.8. The summed E-state index contributed by atoms with van der Waals surface area (Å²) in [6.45, 7) is 0. The van der Waals surface area contributed by atoms with Crippen LogP contribution in [0, 0.1) is 0 Å². The van der Waals surface area contributed by atoms with Crippen molar-refractivity contribution >= 4 is 33.2 Å². The molecule has 1 aliphatic rings. The van der Waals surface area contributed by atoms with Gasteiger partial charge < -0.3 is 5.32 Å². The Labute approximate surface area is 175 Å². The molecule has 1 heterocycles. The molecule has 0 bridgehead atoms. The van der Waals surface area contributed by atoms with Crippen LogP contribution in [0.15, 0.2) is 83.8 Å². The summed E-state index contributed by atoms with van der Waals surface area (Å²) < 4.78 is 23.5. The van der Waals surface area contributed by atoms with E-state index in [2.05, 4.69) is 5.32 Å². The van der Waals surface area contributed by atoms with Crippen LogP contribution in [0.5, 0.6) is 0 Å². The van der Waals surface area contributed by atoms with Gasteiger partial charge in [0.2, 0.25) is 0 Å². The second-order valence-electron chi connectivity index (χ2n) is 7.04. The first-order valence-corrected chi connectivity index (χ1v) is 12.1. The van der Waals surface area contributed by atoms with Crippen LogP contribution in [0.4, 0.5) is 5.69 Å². The maximum Gasteiger partial charge on any atom is 0.256 e. The highest BCUT2D eigenvalue weighted by molar-refractivity contribution is 8.02. The number of sulfone groups is 1. The van der Waals surface area contributed by atoms with Gasteiger partial charge in [-0.15, -0.1) is 11.8 Å². The molecule has 1 saturated heterocycles. The molecule has 1 amide bonds. The van der Waals surface area contributed by atoms with Crippen molar-refractivity contribution in [3.8, 4) is 11.1 Å². The SMILES string of the molecule is O=C(Nc1ccc(-c2ccccc2)cc1)c1ccccc1SC1CCS(=O)(=O)C1. The molecular weight excluding hydrogens is 402 g/mol. The standard InChI is InChI=1S/C23H21NO3S2/c25-23(24-19-12-10-18(11-13-19)17-6-2-1-3-7-17)21-8-4-5-9-22(21)28-20-14-15-29(26,27)16-20/h1-13,20H,14-16H2,(H,24,25). The molecule has 4 nitrogen and oxygen atoms in total. The van der Waals surface area contributed by atoms with Crippen LogP contribution in [0.3, 0.4) is 0 Å². The number of thioether (sulfide) groups is 1. The first-order chi connectivity index (χ1) is 14.0. The summed E-state index contributed by atoms with van der Waals surface area (Å²) in [4.78, 5) is 13.7. The zero-order valence-electron chi connectivity index (χ0n) is 15.7. The molecule has 1 fully saturated rings. The third kappa shape index (κ3) is 4.89. The molecule has 0 saturated carbocycles. The highest BCUT2D eigenvalue weighted by Gasteiger charge is 2.29. The molecule has 0 radical (unpaired) electrons. The van der Waals surface area contributed by atoms with Gasteiger partial charge in [-0.25, -0.2) is 8.42 Å². The van der Waals surface area contributed by atoms with Crippen molar-refractivity contribution in [3.63, 3.8) is 0 Å². The Hall–Kier alpha value is -2.57. The molecule has 1 unspecified atom stereocenters. The van der Waals surface area contributed by atoms with Crippen LogP contribution >= 0.6 is 11.8 Å². The summed E-state index contributed by atoms with van der Waals surface area (Å²) in [5.41, 5.74) is 3.49. The summed E-state index contributed by atoms with van der Waals surface area (Å²) >= 11 is 1.48. The number of rotatable bonds is 5. The van der Waals surface area contributed by atoms with Crippen molar-refractivity contribution in [2.45, 2.75) is 16.6 Å². The molecule has 1 atom stereocenters. The van der Waals surface area contributed by atoms with E-state index in [0.717, 1.165) is 21.7 Å². The fraction of sp³-hybridized carbons (Fsp3) is 0.174. The fourth-order valence-electron chi connectivity index (χ4n) is 3.37. The van der Waals surface area contributed by atoms with Gasteiger partial charge in [-0.2, -0.15) is 0 Å². The van der Waals surface area contributed by atoms with E-state index in [1.165, 1.54) is 11.8 Å². The van der Waals surface area contributed by atoms with Gasteiger partial charge in [-0.05, 0) is 41.8 Å². The van der Waals surface area contributed by atoms with Crippen molar-refractivity contribution in [2.75, 3.05) is 16.8 Å². The number of carbonyl (C=O) groups excluding carboxylic acids is 1. The van der Waals surface area contributed by atoms with Gasteiger partial charge in [0.1, 0.15) is 0 Å². The molecule has 4 rings (SSSR count). The number of amides is 1. The second-order valence-corrected chi connectivity index (χ2v) is 10.6. The predicted octanol–water partition coefficient (Wildman–Crippen LogP) is 4.89. The minimum absolute atomic E-state index is 0.000828. The fourth-order valence-corrected chi connectivity index (χ4v) is 6.99. The van der Waals surface area contributed by atoms with Gasteiger partial charge in [0, 0.05) is 15.8 Å². The summed E-state index contributed by atoms with van der Waals surface area (Å²) in [5.74, 6) is 0.211. The number of carbonyl (C=O) groups is 1. The highest BCUT2D eigenvalue weighted by Crippen LogP contribution is 2.33. The minimum atomic E-state index is -2.95. The number of hydrogen-bond donors (Lipinski definition) is 1. The highest BCUT2D eigenvalue weighted by atomic mass is 32.2. The quantitative estimate of drug-likeness (QED) is 0.635. The number of anilines is 1. The summed E-state index contributed by atoms with van der Waals surface area (Å²) in [7, 11) is -2.95. The van der Waals surface area contributed by atoms with E-state index < -0.39 is 9.84 Å². The Morgan fingerprint density at radius 3 is 2.21 bits per heavy atom. The van der Waals surface area contributed by atoms with Crippen LogP contribution in [0.1, 0.15) is 16.8 Å². The van der Waals surface area contributed by atoms with Gasteiger partial charge in [0.05, 0.1) is 17.1 Å². The molecule has 29 heavy (non-hydrogen) atoms. The first kappa shape index (κ1) is 19.7. The van der Waals surface area contributed by atoms with Crippen LogP contribution in [0.2, 0.25) is 0 Å². The van der Waals surface area contributed by atoms with Crippen LogP contribution in [-0.2, 0) is 9.84 Å². The average molecular weight is 424 g/mol. The summed E-state index contributed by atoms with van der Waals surface area (Å²) in [6, 6.07) is 25.2. The third-order valence-corrected chi connectivity index (χ3v) is 8.19. The normalized spacial score (nSPS) is 17.7. The zero-order chi connectivity index (χ0) is 20.3. The minimum Gasteiger partial charge on any atom is -0.322 e. The largest absolute Gasteiger partial charge is 0.322 e. The predicted molar refractivity (Wildman–Crippen MR) is 119 cm³/mol. The van der Waals surface area contributed by atoms with E-state index in [9.17, 15) is 13.2 Å². The average Bonchev–Trinajstić information content (AvgIpc) is 3.08. The molecule has 1 N–H and O–H groups in total. The smallest absolute Gasteiger partial charge is 0.256 e. The van der Waals surface area contributed by atoms with E-state index >= 15 is 0 Å². The lowest BCUT2D eigenvalue weighted by molar-refractivity contribution is 0.102. The second kappa shape index (κ2) is 8.43. The number of hydrogen-bond acceptors (Lipinski definition) is 4. The Morgan fingerprint density at radius 1 is 0.862 bits per heavy atom. The summed E-state index contributed by atoms with van der Waals surface area (Å²) in [6.07, 6.45) is 0.629. The Bertz CT molecular complexity index is 1110. The molecule has 6 heteroatoms. The van der Waals surface area contributed by atoms with Crippen LogP contribution < -0.4 is 5.32 Å². The van der Waals surface area contributed by atoms with E-state index in [-0.39, 0.29) is 22.7 Å². The molecule has 0 aromatic heterocycles. The molecule has 3 aromatic carbocycles. The molecule has 3 aromatic rings. The molecule has 0 aliphatic carbocycles. The first-order valence-electron chi connectivity index (χ1n) is 9.43.